The zero-order valence-electron chi connectivity index (χ0n) is 21.7. The second kappa shape index (κ2) is 12.3. The van der Waals surface area contributed by atoms with E-state index in [0.29, 0.717) is 17.2 Å². The number of likely N-dealkylation sites (tertiary alicyclic amines) is 1. The van der Waals surface area contributed by atoms with Gasteiger partial charge < -0.3 is 25.5 Å². The summed E-state index contributed by atoms with van der Waals surface area (Å²) in [7, 11) is 0. The minimum atomic E-state index is -2.27. The highest BCUT2D eigenvalue weighted by Gasteiger charge is 2.53. The molecule has 2 aromatic rings. The summed E-state index contributed by atoms with van der Waals surface area (Å²) in [5.74, 6) is -2.29. The van der Waals surface area contributed by atoms with Crippen molar-refractivity contribution in [2.45, 2.75) is 81.5 Å². The third-order valence-corrected chi connectivity index (χ3v) is 8.74. The van der Waals surface area contributed by atoms with Crippen LogP contribution in [0.4, 0.5) is 0 Å². The maximum absolute atomic E-state index is 10.2. The van der Waals surface area contributed by atoms with E-state index in [1.807, 2.05) is 6.07 Å². The highest BCUT2D eigenvalue weighted by molar-refractivity contribution is 5.83. The molecule has 5 atom stereocenters. The van der Waals surface area contributed by atoms with Crippen LogP contribution in [0.3, 0.4) is 0 Å². The number of aromatic hydroxyl groups is 1. The van der Waals surface area contributed by atoms with Crippen molar-refractivity contribution in [1.82, 2.24) is 4.90 Å². The topological polar surface area (TPSA) is 139 Å². The van der Waals surface area contributed by atoms with E-state index >= 15 is 0 Å². The number of unbranched alkanes of at least 4 members (excludes halogenated alkanes) is 1. The van der Waals surface area contributed by atoms with Gasteiger partial charge in [-0.15, -0.1) is 0 Å². The van der Waals surface area contributed by atoms with Gasteiger partial charge >= 0.3 is 11.9 Å². The number of phenols is 1. The van der Waals surface area contributed by atoms with E-state index in [-0.39, 0.29) is 0 Å². The SMILES string of the molecule is O=C(O)[C@H](O)[C@@H](O)C(=O)O.Oc1ccc2c(c1)[C@@]13CCCC[C@H]1[C@@H](C2)N(CCCCc1ccccc1)CC3. The third-order valence-electron chi connectivity index (χ3n) is 8.74. The summed E-state index contributed by atoms with van der Waals surface area (Å²) in [6.45, 7) is 2.49. The number of benzene rings is 2. The van der Waals surface area contributed by atoms with Gasteiger partial charge in [0.2, 0.25) is 0 Å². The van der Waals surface area contributed by atoms with E-state index < -0.39 is 24.1 Å². The summed E-state index contributed by atoms with van der Waals surface area (Å²) < 4.78 is 0. The number of phenolic OH excluding ortho intramolecular Hbond substituents is 1. The summed E-state index contributed by atoms with van der Waals surface area (Å²) in [6.07, 6.45) is 7.16. The molecule has 8 nitrogen and oxygen atoms in total. The van der Waals surface area contributed by atoms with Crippen LogP contribution < -0.4 is 0 Å². The monoisotopic (exact) mass is 525 g/mol. The molecule has 0 spiro atoms. The quantitative estimate of drug-likeness (QED) is 0.331. The molecule has 8 heteroatoms. The van der Waals surface area contributed by atoms with Crippen molar-refractivity contribution in [3.63, 3.8) is 0 Å². The smallest absolute Gasteiger partial charge is 0.335 e. The molecular weight excluding hydrogens is 486 g/mol. The molecule has 2 aromatic carbocycles. The van der Waals surface area contributed by atoms with E-state index in [1.165, 1.54) is 87.6 Å². The number of fused-ring (bicyclic) bond motifs is 1. The molecular formula is C30H39NO7. The maximum atomic E-state index is 10.2. The fraction of sp³-hybridized carbons (Fsp3) is 0.533. The van der Waals surface area contributed by atoms with Crippen molar-refractivity contribution in [2.75, 3.05) is 13.1 Å². The molecule has 2 fully saturated rings. The van der Waals surface area contributed by atoms with Crippen molar-refractivity contribution < 1.29 is 35.1 Å². The van der Waals surface area contributed by atoms with Crippen LogP contribution in [-0.4, -0.2) is 73.7 Å². The number of aliphatic carboxylic acids is 2. The molecule has 0 radical (unpaired) electrons. The van der Waals surface area contributed by atoms with Crippen LogP contribution in [0.25, 0.3) is 0 Å². The first-order chi connectivity index (χ1) is 18.2. The zero-order chi connectivity index (χ0) is 27.3. The van der Waals surface area contributed by atoms with Gasteiger partial charge in [-0.25, -0.2) is 9.59 Å². The van der Waals surface area contributed by atoms with Crippen molar-refractivity contribution in [2.24, 2.45) is 5.92 Å². The Morgan fingerprint density at radius 2 is 1.66 bits per heavy atom. The lowest BCUT2D eigenvalue weighted by atomic mass is 9.52. The molecule has 0 unspecified atom stereocenters. The number of carboxylic acids is 2. The van der Waals surface area contributed by atoms with Gasteiger partial charge in [-0.2, -0.15) is 0 Å². The van der Waals surface area contributed by atoms with Crippen LogP contribution in [0, 0.1) is 5.92 Å². The van der Waals surface area contributed by atoms with Gasteiger partial charge in [0, 0.05) is 11.5 Å². The van der Waals surface area contributed by atoms with Crippen LogP contribution in [0.5, 0.6) is 5.75 Å². The zero-order valence-corrected chi connectivity index (χ0v) is 21.7. The van der Waals surface area contributed by atoms with Crippen LogP contribution >= 0.6 is 0 Å². The van der Waals surface area contributed by atoms with Crippen molar-refractivity contribution in [3.8, 4) is 5.75 Å². The van der Waals surface area contributed by atoms with Crippen LogP contribution in [0.15, 0.2) is 48.5 Å². The van der Waals surface area contributed by atoms with Gasteiger partial charge in [-0.05, 0) is 92.8 Å². The molecule has 38 heavy (non-hydrogen) atoms. The first-order valence-corrected chi connectivity index (χ1v) is 13.6. The number of hydrogen-bond donors (Lipinski definition) is 5. The fourth-order valence-electron chi connectivity index (χ4n) is 6.91. The largest absolute Gasteiger partial charge is 0.508 e. The summed E-state index contributed by atoms with van der Waals surface area (Å²) in [5.41, 5.74) is 4.82. The lowest BCUT2D eigenvalue weighted by Crippen LogP contribution is -2.61. The van der Waals surface area contributed by atoms with Crippen LogP contribution in [-0.2, 0) is 27.8 Å². The lowest BCUT2D eigenvalue weighted by molar-refractivity contribution is -0.165. The second-order valence-electron chi connectivity index (χ2n) is 10.9. The fourth-order valence-corrected chi connectivity index (χ4v) is 6.91. The predicted molar refractivity (Wildman–Crippen MR) is 142 cm³/mol. The Bertz CT molecular complexity index is 1090. The molecule has 1 aliphatic heterocycles. The van der Waals surface area contributed by atoms with E-state index in [4.69, 9.17) is 20.4 Å². The molecule has 0 aromatic heterocycles. The Labute approximate surface area is 223 Å². The van der Waals surface area contributed by atoms with Crippen LogP contribution in [0.1, 0.15) is 61.6 Å². The minimum absolute atomic E-state index is 0.343. The number of nitrogens with zero attached hydrogens (tertiary/aromatic N) is 1. The van der Waals surface area contributed by atoms with Crippen molar-refractivity contribution in [1.29, 1.82) is 0 Å². The highest BCUT2D eigenvalue weighted by Crippen LogP contribution is 2.56. The Balaban J connectivity index is 0.000000289. The van der Waals surface area contributed by atoms with Crippen LogP contribution in [0.2, 0.25) is 0 Å². The average molecular weight is 526 g/mol. The number of carbonyl (C=O) groups is 2. The first kappa shape index (κ1) is 28.1. The van der Waals surface area contributed by atoms with Gasteiger partial charge in [-0.1, -0.05) is 49.2 Å². The summed E-state index contributed by atoms with van der Waals surface area (Å²) in [5, 5.41) is 42.7. The Morgan fingerprint density at radius 3 is 2.34 bits per heavy atom. The third kappa shape index (κ3) is 6.03. The van der Waals surface area contributed by atoms with Gasteiger partial charge in [0.05, 0.1) is 0 Å². The lowest BCUT2D eigenvalue weighted by Gasteiger charge is -2.59. The maximum Gasteiger partial charge on any atom is 0.335 e. The number of piperidine rings is 1. The number of aliphatic hydroxyl groups excluding tert-OH is 2. The summed E-state index contributed by atoms with van der Waals surface area (Å²) in [4.78, 5) is 22.4. The number of rotatable bonds is 8. The van der Waals surface area contributed by atoms with Gasteiger partial charge in [0.25, 0.3) is 0 Å². The van der Waals surface area contributed by atoms with Gasteiger partial charge in [-0.3, -0.25) is 4.90 Å². The van der Waals surface area contributed by atoms with E-state index in [9.17, 15) is 14.7 Å². The predicted octanol–water partition coefficient (Wildman–Crippen LogP) is 3.35. The van der Waals surface area contributed by atoms with Gasteiger partial charge in [0.15, 0.2) is 12.2 Å². The molecule has 5 rings (SSSR count). The minimum Gasteiger partial charge on any atom is -0.508 e. The van der Waals surface area contributed by atoms with E-state index in [1.54, 1.807) is 0 Å². The molecule has 2 bridgehead atoms. The van der Waals surface area contributed by atoms with E-state index in [0.717, 1.165) is 5.92 Å². The highest BCUT2D eigenvalue weighted by atomic mass is 16.4. The number of carboxylic acid groups (broad SMARTS) is 2. The standard InChI is InChI=1S/C26H33NO.C4H6O6/c28-22-13-12-21-18-25-23-11-4-6-14-26(23,24(21)19-22)15-17-27(25)16-7-5-10-20-8-2-1-3-9-20;5-1(3(7)8)2(6)4(9)10/h1-3,8-9,12-13,19,23,25,28H,4-7,10-11,14-18H2;1-2,5-6H,(H,7,8)(H,9,10)/t23-,25+,26+;1-,2-/m01/s1. The average Bonchev–Trinajstić information content (AvgIpc) is 2.92. The Kier molecular flexibility index (Phi) is 9.07. The van der Waals surface area contributed by atoms with Crippen molar-refractivity contribution >= 4 is 11.9 Å². The molecule has 206 valence electrons. The second-order valence-corrected chi connectivity index (χ2v) is 10.9. The van der Waals surface area contributed by atoms with E-state index in [2.05, 4.69) is 47.4 Å². The molecule has 0 amide bonds. The van der Waals surface area contributed by atoms with Crippen molar-refractivity contribution in [3.05, 3.63) is 65.2 Å². The molecule has 3 aliphatic rings. The first-order valence-electron chi connectivity index (χ1n) is 13.6. The van der Waals surface area contributed by atoms with Gasteiger partial charge in [0.1, 0.15) is 5.75 Å². The Morgan fingerprint density at radius 1 is 0.947 bits per heavy atom. The number of aryl methyl sites for hydroxylation is 1. The molecule has 1 saturated carbocycles. The Hall–Kier alpha value is -2.94. The molecule has 5 N–H and O–H groups in total. The number of aliphatic hydroxyl groups is 2. The summed E-state index contributed by atoms with van der Waals surface area (Å²) >= 11 is 0. The molecule has 2 aliphatic carbocycles. The normalized spacial score (nSPS) is 25.6. The molecule has 1 saturated heterocycles. The summed E-state index contributed by atoms with van der Waals surface area (Å²) in [6, 6.07) is 17.9. The molecule has 1 heterocycles. The number of hydrogen-bond acceptors (Lipinski definition) is 6.